The molecule has 1 aromatic rings. The van der Waals surface area contributed by atoms with E-state index in [1.807, 2.05) is 0 Å². The summed E-state index contributed by atoms with van der Waals surface area (Å²) in [6.45, 7) is 8.83. The highest BCUT2D eigenvalue weighted by Gasteiger charge is 2.18. The van der Waals surface area contributed by atoms with Gasteiger partial charge < -0.3 is 20.3 Å². The Labute approximate surface area is 121 Å². The summed E-state index contributed by atoms with van der Waals surface area (Å²) >= 11 is 0. The molecule has 3 rings (SSSR count). The topological polar surface area (TPSA) is 36.5 Å². The molecule has 1 saturated heterocycles. The van der Waals surface area contributed by atoms with E-state index < -0.39 is 0 Å². The summed E-state index contributed by atoms with van der Waals surface area (Å²) in [6, 6.07) is 6.58. The SMILES string of the molecule is CCC1CNc2cc(CCN3CCNCC3)ccc2O1. The summed E-state index contributed by atoms with van der Waals surface area (Å²) in [5, 5.41) is 6.89. The van der Waals surface area contributed by atoms with Crippen LogP contribution < -0.4 is 15.4 Å². The fraction of sp³-hybridized carbons (Fsp3) is 0.625. The van der Waals surface area contributed by atoms with Crippen LogP contribution in [0.15, 0.2) is 18.2 Å². The van der Waals surface area contributed by atoms with E-state index >= 15 is 0 Å². The molecule has 1 aromatic carbocycles. The van der Waals surface area contributed by atoms with Crippen molar-refractivity contribution in [2.24, 2.45) is 0 Å². The predicted molar refractivity (Wildman–Crippen MR) is 82.7 cm³/mol. The Bertz CT molecular complexity index is 443. The van der Waals surface area contributed by atoms with E-state index in [9.17, 15) is 0 Å². The number of hydrogen-bond acceptors (Lipinski definition) is 4. The lowest BCUT2D eigenvalue weighted by Crippen LogP contribution is -2.44. The first-order valence-corrected chi connectivity index (χ1v) is 7.81. The smallest absolute Gasteiger partial charge is 0.142 e. The van der Waals surface area contributed by atoms with Crippen molar-refractivity contribution in [1.82, 2.24) is 10.2 Å². The third kappa shape index (κ3) is 3.25. The van der Waals surface area contributed by atoms with Crippen LogP contribution in [0, 0.1) is 0 Å². The molecule has 1 fully saturated rings. The number of fused-ring (bicyclic) bond motifs is 1. The van der Waals surface area contributed by atoms with E-state index in [1.165, 1.54) is 18.7 Å². The second-order valence-electron chi connectivity index (χ2n) is 5.70. The molecule has 1 unspecified atom stereocenters. The molecule has 1 atom stereocenters. The molecule has 20 heavy (non-hydrogen) atoms. The normalized spacial score (nSPS) is 22.8. The Morgan fingerprint density at radius 3 is 2.95 bits per heavy atom. The van der Waals surface area contributed by atoms with Gasteiger partial charge in [-0.25, -0.2) is 0 Å². The molecule has 0 spiro atoms. The number of nitrogens with one attached hydrogen (secondary N) is 2. The van der Waals surface area contributed by atoms with Crippen LogP contribution in [0.3, 0.4) is 0 Å². The Kier molecular flexibility index (Phi) is 4.43. The third-order valence-corrected chi connectivity index (χ3v) is 4.24. The highest BCUT2D eigenvalue weighted by molar-refractivity contribution is 5.59. The van der Waals surface area contributed by atoms with Gasteiger partial charge in [0.2, 0.25) is 0 Å². The number of rotatable bonds is 4. The minimum atomic E-state index is 0.314. The van der Waals surface area contributed by atoms with Crippen molar-refractivity contribution >= 4 is 5.69 Å². The standard InChI is InChI=1S/C16H25N3O/c1-2-14-12-18-15-11-13(3-4-16(15)20-14)5-8-19-9-6-17-7-10-19/h3-4,11,14,17-18H,2,5-10,12H2,1H3. The second-order valence-corrected chi connectivity index (χ2v) is 5.70. The van der Waals surface area contributed by atoms with Gasteiger partial charge in [0.15, 0.2) is 0 Å². The summed E-state index contributed by atoms with van der Waals surface area (Å²) < 4.78 is 5.95. The fourth-order valence-corrected chi connectivity index (χ4v) is 2.87. The first-order valence-electron chi connectivity index (χ1n) is 7.81. The summed E-state index contributed by atoms with van der Waals surface area (Å²) in [5.41, 5.74) is 2.56. The fourth-order valence-electron chi connectivity index (χ4n) is 2.87. The molecule has 0 aromatic heterocycles. The molecule has 0 bridgehead atoms. The Balaban J connectivity index is 1.58. The van der Waals surface area contributed by atoms with Crippen LogP contribution in [-0.2, 0) is 6.42 Å². The van der Waals surface area contributed by atoms with Crippen LogP contribution in [0.5, 0.6) is 5.75 Å². The summed E-state index contributed by atoms with van der Waals surface area (Å²) in [6.07, 6.45) is 2.48. The zero-order valence-electron chi connectivity index (χ0n) is 12.3. The van der Waals surface area contributed by atoms with Gasteiger partial charge in [0, 0.05) is 32.7 Å². The molecule has 2 aliphatic rings. The van der Waals surface area contributed by atoms with E-state index in [1.54, 1.807) is 0 Å². The molecular formula is C16H25N3O. The second kappa shape index (κ2) is 6.46. The van der Waals surface area contributed by atoms with Gasteiger partial charge in [0.1, 0.15) is 11.9 Å². The van der Waals surface area contributed by atoms with Gasteiger partial charge in [-0.2, -0.15) is 0 Å². The highest BCUT2D eigenvalue weighted by atomic mass is 16.5. The van der Waals surface area contributed by atoms with Gasteiger partial charge >= 0.3 is 0 Å². The number of benzene rings is 1. The van der Waals surface area contributed by atoms with E-state index in [4.69, 9.17) is 4.74 Å². The lowest BCUT2D eigenvalue weighted by molar-refractivity contribution is 0.201. The van der Waals surface area contributed by atoms with Gasteiger partial charge in [0.05, 0.1) is 12.2 Å². The molecule has 0 aliphatic carbocycles. The minimum Gasteiger partial charge on any atom is -0.486 e. The molecule has 2 aliphatic heterocycles. The van der Waals surface area contributed by atoms with Gasteiger partial charge in [-0.3, -0.25) is 0 Å². The summed E-state index contributed by atoms with van der Waals surface area (Å²) in [4.78, 5) is 2.53. The van der Waals surface area contributed by atoms with Crippen LogP contribution in [-0.4, -0.2) is 50.3 Å². The van der Waals surface area contributed by atoms with Gasteiger partial charge in [-0.1, -0.05) is 13.0 Å². The van der Waals surface area contributed by atoms with E-state index in [0.717, 1.165) is 50.5 Å². The van der Waals surface area contributed by atoms with Crippen molar-refractivity contribution in [2.45, 2.75) is 25.9 Å². The minimum absolute atomic E-state index is 0.314. The molecular weight excluding hydrogens is 250 g/mol. The monoisotopic (exact) mass is 275 g/mol. The average Bonchev–Trinajstić information content (AvgIpc) is 2.53. The molecule has 2 heterocycles. The van der Waals surface area contributed by atoms with Crippen molar-refractivity contribution in [2.75, 3.05) is 44.6 Å². The number of piperazine rings is 1. The maximum atomic E-state index is 5.95. The Morgan fingerprint density at radius 2 is 2.15 bits per heavy atom. The Hall–Kier alpha value is -1.26. The number of nitrogens with zero attached hydrogens (tertiary/aromatic N) is 1. The lowest BCUT2D eigenvalue weighted by Gasteiger charge is -2.28. The average molecular weight is 275 g/mol. The van der Waals surface area contributed by atoms with Crippen molar-refractivity contribution in [3.63, 3.8) is 0 Å². The van der Waals surface area contributed by atoms with Crippen LogP contribution in [0.1, 0.15) is 18.9 Å². The summed E-state index contributed by atoms with van der Waals surface area (Å²) in [5.74, 6) is 1.01. The van der Waals surface area contributed by atoms with Crippen molar-refractivity contribution in [1.29, 1.82) is 0 Å². The maximum absolute atomic E-state index is 5.95. The molecule has 4 nitrogen and oxygen atoms in total. The van der Waals surface area contributed by atoms with Gasteiger partial charge in [-0.05, 0) is 30.5 Å². The van der Waals surface area contributed by atoms with Crippen molar-refractivity contribution < 1.29 is 4.74 Å². The first-order chi connectivity index (χ1) is 9.85. The molecule has 0 saturated carbocycles. The maximum Gasteiger partial charge on any atom is 0.142 e. The molecule has 110 valence electrons. The quantitative estimate of drug-likeness (QED) is 0.877. The van der Waals surface area contributed by atoms with Gasteiger partial charge in [0.25, 0.3) is 0 Å². The van der Waals surface area contributed by atoms with E-state index in [2.05, 4.69) is 40.7 Å². The van der Waals surface area contributed by atoms with E-state index in [0.29, 0.717) is 6.10 Å². The number of ether oxygens (including phenoxy) is 1. The zero-order valence-corrected chi connectivity index (χ0v) is 12.3. The lowest BCUT2D eigenvalue weighted by atomic mass is 10.1. The first kappa shape index (κ1) is 13.7. The van der Waals surface area contributed by atoms with Crippen LogP contribution in [0.4, 0.5) is 5.69 Å². The third-order valence-electron chi connectivity index (χ3n) is 4.24. The number of anilines is 1. The molecule has 0 amide bonds. The largest absolute Gasteiger partial charge is 0.486 e. The molecule has 4 heteroatoms. The molecule has 2 N–H and O–H groups in total. The van der Waals surface area contributed by atoms with Crippen LogP contribution >= 0.6 is 0 Å². The van der Waals surface area contributed by atoms with Crippen LogP contribution in [0.25, 0.3) is 0 Å². The van der Waals surface area contributed by atoms with E-state index in [-0.39, 0.29) is 0 Å². The summed E-state index contributed by atoms with van der Waals surface area (Å²) in [7, 11) is 0. The Morgan fingerprint density at radius 1 is 1.30 bits per heavy atom. The highest BCUT2D eigenvalue weighted by Crippen LogP contribution is 2.30. The molecule has 0 radical (unpaired) electrons. The number of hydrogen-bond donors (Lipinski definition) is 2. The predicted octanol–water partition coefficient (Wildman–Crippen LogP) is 1.72. The zero-order chi connectivity index (χ0) is 13.8. The van der Waals surface area contributed by atoms with Gasteiger partial charge in [-0.15, -0.1) is 0 Å². The van der Waals surface area contributed by atoms with Crippen molar-refractivity contribution in [3.05, 3.63) is 23.8 Å². The van der Waals surface area contributed by atoms with Crippen LogP contribution in [0.2, 0.25) is 0 Å². The van der Waals surface area contributed by atoms with Crippen molar-refractivity contribution in [3.8, 4) is 5.75 Å².